The Balaban J connectivity index is 3.49. The van der Waals surface area contributed by atoms with E-state index in [1.54, 1.807) is 26.8 Å². The molecule has 27 heavy (non-hydrogen) atoms. The van der Waals surface area contributed by atoms with Crippen molar-refractivity contribution in [3.63, 3.8) is 0 Å². The van der Waals surface area contributed by atoms with E-state index in [0.29, 0.717) is 22.6 Å². The lowest BCUT2D eigenvalue weighted by Gasteiger charge is -2.20. The minimum absolute atomic E-state index is 0.149. The molecule has 1 aromatic rings. The summed E-state index contributed by atoms with van der Waals surface area (Å²) in [6.45, 7) is 8.97. The molecule has 0 radical (unpaired) electrons. The molecule has 150 valence electrons. The molecular weight excluding hydrogens is 352 g/mol. The maximum absolute atomic E-state index is 12.0. The molecule has 0 spiro atoms. The number of aliphatic carboxylic acids is 1. The van der Waals surface area contributed by atoms with Crippen LogP contribution in [0.1, 0.15) is 45.7 Å². The molecule has 0 amide bonds. The summed E-state index contributed by atoms with van der Waals surface area (Å²) in [5.74, 6) is -0.595. The first-order valence-electron chi connectivity index (χ1n) is 8.55. The van der Waals surface area contributed by atoms with Crippen molar-refractivity contribution in [3.05, 3.63) is 23.3 Å². The van der Waals surface area contributed by atoms with Gasteiger partial charge in [-0.3, -0.25) is 4.79 Å². The molecule has 0 atom stereocenters. The molecule has 7 nitrogen and oxygen atoms in total. The molecule has 0 saturated heterocycles. The highest BCUT2D eigenvalue weighted by molar-refractivity contribution is 5.89. The lowest BCUT2D eigenvalue weighted by Crippen LogP contribution is -2.22. The van der Waals surface area contributed by atoms with Crippen LogP contribution in [0.15, 0.2) is 12.1 Å². The first-order valence-corrected chi connectivity index (χ1v) is 8.55. The van der Waals surface area contributed by atoms with Crippen molar-refractivity contribution in [2.45, 2.75) is 52.7 Å². The maximum atomic E-state index is 12.0. The number of benzene rings is 1. The van der Waals surface area contributed by atoms with Gasteiger partial charge in [0.2, 0.25) is 5.75 Å². The summed E-state index contributed by atoms with van der Waals surface area (Å²) >= 11 is 0. The Bertz CT molecular complexity index is 712. The van der Waals surface area contributed by atoms with Crippen molar-refractivity contribution in [2.24, 2.45) is 0 Å². The van der Waals surface area contributed by atoms with Gasteiger partial charge in [0.25, 0.3) is 0 Å². The summed E-state index contributed by atoms with van der Waals surface area (Å²) in [5, 5.41) is 9.26. The molecule has 0 bridgehead atoms. The number of hydrogen-bond donors (Lipinski definition) is 1. The average Bonchev–Trinajstić information content (AvgIpc) is 2.50. The number of methoxy groups -OCH3 is 2. The summed E-state index contributed by atoms with van der Waals surface area (Å²) in [6.07, 6.45) is 2.27. The SMILES string of the molecule is COc1c(OC(C)C)cc(CC(=O)O)c(/C=C/C(=O)OC(C)(C)C)c1OC. The van der Waals surface area contributed by atoms with Crippen LogP contribution in [0.2, 0.25) is 0 Å². The zero-order valence-corrected chi connectivity index (χ0v) is 16.9. The van der Waals surface area contributed by atoms with E-state index >= 15 is 0 Å². The zero-order chi connectivity index (χ0) is 20.8. The Morgan fingerprint density at radius 1 is 1.15 bits per heavy atom. The van der Waals surface area contributed by atoms with Gasteiger partial charge in [-0.1, -0.05) is 0 Å². The Hall–Kier alpha value is -2.70. The predicted molar refractivity (Wildman–Crippen MR) is 102 cm³/mol. The first-order chi connectivity index (χ1) is 12.5. The van der Waals surface area contributed by atoms with Crippen LogP contribution in [0.5, 0.6) is 17.2 Å². The third kappa shape index (κ3) is 6.84. The fourth-order valence-electron chi connectivity index (χ4n) is 2.40. The summed E-state index contributed by atoms with van der Waals surface area (Å²) in [4.78, 5) is 23.3. The number of rotatable bonds is 8. The fraction of sp³-hybridized carbons (Fsp3) is 0.500. The fourth-order valence-corrected chi connectivity index (χ4v) is 2.40. The van der Waals surface area contributed by atoms with E-state index in [9.17, 15) is 14.7 Å². The van der Waals surface area contributed by atoms with Crippen molar-refractivity contribution in [2.75, 3.05) is 14.2 Å². The van der Waals surface area contributed by atoms with Crippen LogP contribution in [-0.4, -0.2) is 43.0 Å². The Kier molecular flexibility index (Phi) is 7.69. The topological polar surface area (TPSA) is 91.3 Å². The van der Waals surface area contributed by atoms with Gasteiger partial charge in [0.15, 0.2) is 11.5 Å². The molecule has 0 aromatic heterocycles. The molecule has 7 heteroatoms. The van der Waals surface area contributed by atoms with Crippen molar-refractivity contribution >= 4 is 18.0 Å². The van der Waals surface area contributed by atoms with E-state index in [1.165, 1.54) is 26.4 Å². The van der Waals surface area contributed by atoms with Gasteiger partial charge in [-0.15, -0.1) is 0 Å². The molecule has 0 saturated carbocycles. The molecule has 0 fully saturated rings. The highest BCUT2D eigenvalue weighted by Gasteiger charge is 2.22. The van der Waals surface area contributed by atoms with Crippen molar-refractivity contribution in [1.82, 2.24) is 0 Å². The molecule has 0 aliphatic carbocycles. The van der Waals surface area contributed by atoms with Crippen LogP contribution < -0.4 is 14.2 Å². The Morgan fingerprint density at radius 3 is 2.19 bits per heavy atom. The van der Waals surface area contributed by atoms with Gasteiger partial charge in [0.1, 0.15) is 5.60 Å². The van der Waals surface area contributed by atoms with E-state index in [2.05, 4.69) is 0 Å². The van der Waals surface area contributed by atoms with Crippen molar-refractivity contribution in [3.8, 4) is 17.2 Å². The highest BCUT2D eigenvalue weighted by Crippen LogP contribution is 2.43. The van der Waals surface area contributed by atoms with Crippen LogP contribution in [0.4, 0.5) is 0 Å². The number of esters is 1. The minimum Gasteiger partial charge on any atom is -0.492 e. The quantitative estimate of drug-likeness (QED) is 0.545. The number of ether oxygens (including phenoxy) is 4. The normalized spacial score (nSPS) is 11.6. The molecular formula is C20H28O7. The van der Waals surface area contributed by atoms with Crippen LogP contribution in [-0.2, 0) is 20.7 Å². The van der Waals surface area contributed by atoms with Crippen LogP contribution in [0.25, 0.3) is 6.08 Å². The van der Waals surface area contributed by atoms with Gasteiger partial charge in [0.05, 0.1) is 26.7 Å². The van der Waals surface area contributed by atoms with E-state index in [0.717, 1.165) is 0 Å². The Morgan fingerprint density at radius 2 is 1.74 bits per heavy atom. The summed E-state index contributed by atoms with van der Waals surface area (Å²) < 4.78 is 21.8. The van der Waals surface area contributed by atoms with Crippen LogP contribution in [0, 0.1) is 0 Å². The molecule has 1 N–H and O–H groups in total. The van der Waals surface area contributed by atoms with E-state index in [-0.39, 0.29) is 18.3 Å². The molecule has 0 heterocycles. The average molecular weight is 380 g/mol. The summed E-state index contributed by atoms with van der Waals surface area (Å²) in [6, 6.07) is 1.59. The smallest absolute Gasteiger partial charge is 0.331 e. The molecule has 0 aliphatic rings. The van der Waals surface area contributed by atoms with Crippen molar-refractivity contribution in [1.29, 1.82) is 0 Å². The third-order valence-electron chi connectivity index (χ3n) is 3.23. The number of carbonyl (C=O) groups excluding carboxylic acids is 1. The number of hydrogen-bond acceptors (Lipinski definition) is 6. The van der Waals surface area contributed by atoms with Gasteiger partial charge in [-0.05, 0) is 52.3 Å². The second-order valence-electron chi connectivity index (χ2n) is 7.12. The van der Waals surface area contributed by atoms with Gasteiger partial charge in [-0.25, -0.2) is 4.79 Å². The van der Waals surface area contributed by atoms with Gasteiger partial charge in [-0.2, -0.15) is 0 Å². The third-order valence-corrected chi connectivity index (χ3v) is 3.23. The maximum Gasteiger partial charge on any atom is 0.331 e. The Labute approximate surface area is 159 Å². The minimum atomic E-state index is -1.02. The van der Waals surface area contributed by atoms with E-state index in [4.69, 9.17) is 18.9 Å². The molecule has 0 unspecified atom stereocenters. The highest BCUT2D eigenvalue weighted by atomic mass is 16.6. The number of carboxylic acids is 1. The first kappa shape index (κ1) is 22.3. The van der Waals surface area contributed by atoms with Crippen LogP contribution >= 0.6 is 0 Å². The monoisotopic (exact) mass is 380 g/mol. The predicted octanol–water partition coefficient (Wildman–Crippen LogP) is 3.47. The number of carboxylic acid groups (broad SMARTS) is 1. The van der Waals surface area contributed by atoms with E-state index < -0.39 is 17.5 Å². The lowest BCUT2D eigenvalue weighted by molar-refractivity contribution is -0.148. The second kappa shape index (κ2) is 9.30. The molecule has 1 aromatic carbocycles. The van der Waals surface area contributed by atoms with Gasteiger partial charge in [0, 0.05) is 11.6 Å². The van der Waals surface area contributed by atoms with Crippen molar-refractivity contribution < 1.29 is 33.6 Å². The second-order valence-corrected chi connectivity index (χ2v) is 7.12. The molecule has 1 rings (SSSR count). The summed E-state index contributed by atoms with van der Waals surface area (Å²) in [5.41, 5.74) is 0.205. The van der Waals surface area contributed by atoms with Crippen LogP contribution in [0.3, 0.4) is 0 Å². The van der Waals surface area contributed by atoms with Gasteiger partial charge >= 0.3 is 11.9 Å². The van der Waals surface area contributed by atoms with Gasteiger partial charge < -0.3 is 24.1 Å². The summed E-state index contributed by atoms with van der Waals surface area (Å²) in [7, 11) is 2.90. The standard InChI is InChI=1S/C20H28O7/c1-12(2)26-15-10-13(11-16(21)22)14(18(24-6)19(15)25-7)8-9-17(23)27-20(3,4)5/h8-10,12H,11H2,1-7H3,(H,21,22)/b9-8+. The zero-order valence-electron chi connectivity index (χ0n) is 16.9. The molecule has 0 aliphatic heterocycles. The van der Waals surface area contributed by atoms with E-state index in [1.807, 2.05) is 13.8 Å². The largest absolute Gasteiger partial charge is 0.492 e. The number of carbonyl (C=O) groups is 2. The lowest BCUT2D eigenvalue weighted by atomic mass is 10.0.